The van der Waals surface area contributed by atoms with Crippen LogP contribution in [0.5, 0.6) is 0 Å². The van der Waals surface area contributed by atoms with Gasteiger partial charge in [0, 0.05) is 17.3 Å². The number of amides is 1. The normalized spacial score (nSPS) is 11.2. The molecule has 11 nitrogen and oxygen atoms in total. The lowest BCUT2D eigenvalue weighted by molar-refractivity contribution is -0.389. The summed E-state index contributed by atoms with van der Waals surface area (Å²) in [5.74, 6) is -1.04. The molecule has 0 aliphatic heterocycles. The Kier molecular flexibility index (Phi) is 5.81. The summed E-state index contributed by atoms with van der Waals surface area (Å²) in [6.45, 7) is 1.20. The van der Waals surface area contributed by atoms with Gasteiger partial charge in [0.1, 0.15) is 6.54 Å². The minimum atomic E-state index is -3.80. The van der Waals surface area contributed by atoms with Gasteiger partial charge in [0.05, 0.1) is 15.7 Å². The predicted octanol–water partition coefficient (Wildman–Crippen LogP) is 2.65. The van der Waals surface area contributed by atoms with Crippen molar-refractivity contribution in [2.24, 2.45) is 0 Å². The molecule has 0 bridgehead atoms. The zero-order chi connectivity index (χ0) is 21.2. The van der Waals surface area contributed by atoms with E-state index in [0.717, 1.165) is 16.0 Å². The topological polar surface area (TPSA) is 149 Å². The second kappa shape index (κ2) is 8.14. The SMILES string of the molecule is Cc1c(Cl)c([N+](=O)[O-])nn1CC(=O)Nc1ccc(S(=O)(=O)Nc2nccs2)cc1. The Bertz CT molecular complexity index is 1160. The molecule has 14 heteroatoms. The number of carbonyl (C=O) groups is 1. The lowest BCUT2D eigenvalue weighted by Gasteiger charge is -2.08. The van der Waals surface area contributed by atoms with Crippen LogP contribution in [0, 0.1) is 17.0 Å². The summed E-state index contributed by atoms with van der Waals surface area (Å²) in [6.07, 6.45) is 1.48. The Labute approximate surface area is 173 Å². The van der Waals surface area contributed by atoms with Crippen molar-refractivity contribution in [3.63, 3.8) is 0 Å². The molecule has 1 aromatic carbocycles. The number of nitrogens with one attached hydrogen (secondary N) is 2. The van der Waals surface area contributed by atoms with Gasteiger partial charge in [-0.25, -0.2) is 13.4 Å². The maximum absolute atomic E-state index is 12.3. The van der Waals surface area contributed by atoms with Crippen LogP contribution in [-0.2, 0) is 21.4 Å². The zero-order valence-electron chi connectivity index (χ0n) is 14.7. The lowest BCUT2D eigenvalue weighted by atomic mass is 10.3. The number of benzene rings is 1. The van der Waals surface area contributed by atoms with Crippen molar-refractivity contribution in [3.8, 4) is 0 Å². The molecule has 0 aliphatic carbocycles. The molecule has 152 valence electrons. The van der Waals surface area contributed by atoms with E-state index in [4.69, 9.17) is 11.6 Å². The summed E-state index contributed by atoms with van der Waals surface area (Å²) in [6, 6.07) is 5.48. The monoisotopic (exact) mass is 456 g/mol. The van der Waals surface area contributed by atoms with Crippen molar-refractivity contribution in [2.75, 3.05) is 10.0 Å². The number of aromatic nitrogens is 3. The molecular weight excluding hydrogens is 444 g/mol. The van der Waals surface area contributed by atoms with E-state index in [-0.39, 0.29) is 27.3 Å². The van der Waals surface area contributed by atoms with Gasteiger partial charge in [-0.05, 0) is 36.1 Å². The van der Waals surface area contributed by atoms with E-state index < -0.39 is 26.7 Å². The van der Waals surface area contributed by atoms with E-state index in [2.05, 4.69) is 20.1 Å². The zero-order valence-corrected chi connectivity index (χ0v) is 17.1. The standard InChI is InChI=1S/C15H13ClN6O5S2/c1-9-13(16)14(22(24)25)19-21(9)8-12(23)18-10-2-4-11(5-3-10)29(26,27)20-15-17-6-7-28-15/h2-7H,8H2,1H3,(H,17,20)(H,18,23). The van der Waals surface area contributed by atoms with Crippen LogP contribution >= 0.6 is 22.9 Å². The molecule has 0 atom stereocenters. The third-order valence-corrected chi connectivity index (χ3v) is 6.30. The number of carbonyl (C=O) groups excluding carboxylic acids is 1. The van der Waals surface area contributed by atoms with Crippen LogP contribution in [0.1, 0.15) is 5.69 Å². The Balaban J connectivity index is 1.67. The molecule has 0 aliphatic rings. The summed E-state index contributed by atoms with van der Waals surface area (Å²) in [7, 11) is -3.80. The highest BCUT2D eigenvalue weighted by Crippen LogP contribution is 2.26. The number of thiazole rings is 1. The van der Waals surface area contributed by atoms with Crippen LogP contribution in [-0.4, -0.2) is 34.0 Å². The Morgan fingerprint density at radius 3 is 2.59 bits per heavy atom. The van der Waals surface area contributed by atoms with Crippen LogP contribution in [0.3, 0.4) is 0 Å². The molecule has 2 N–H and O–H groups in total. The average Bonchev–Trinajstić information content (AvgIpc) is 3.25. The van der Waals surface area contributed by atoms with Gasteiger partial charge in [-0.3, -0.25) is 9.52 Å². The molecule has 0 unspecified atom stereocenters. The third kappa shape index (κ3) is 4.70. The summed E-state index contributed by atoms with van der Waals surface area (Å²) in [5.41, 5.74) is 0.622. The molecular formula is C15H13ClN6O5S2. The number of hydrogen-bond acceptors (Lipinski definition) is 8. The number of hydrogen-bond donors (Lipinski definition) is 2. The van der Waals surface area contributed by atoms with Gasteiger partial charge >= 0.3 is 5.82 Å². The van der Waals surface area contributed by atoms with Gasteiger partial charge in [0.2, 0.25) is 5.91 Å². The summed E-state index contributed by atoms with van der Waals surface area (Å²) < 4.78 is 28.0. The van der Waals surface area contributed by atoms with Gasteiger partial charge in [-0.1, -0.05) is 11.6 Å². The Morgan fingerprint density at radius 2 is 2.03 bits per heavy atom. The second-order valence-corrected chi connectivity index (χ2v) is 8.61. The van der Waals surface area contributed by atoms with Crippen LogP contribution in [0.2, 0.25) is 5.02 Å². The van der Waals surface area contributed by atoms with Gasteiger partial charge in [-0.15, -0.1) is 11.3 Å². The molecule has 0 saturated carbocycles. The highest BCUT2D eigenvalue weighted by molar-refractivity contribution is 7.93. The molecule has 0 saturated heterocycles. The van der Waals surface area contributed by atoms with E-state index >= 15 is 0 Å². The third-order valence-electron chi connectivity index (χ3n) is 3.69. The van der Waals surface area contributed by atoms with Crippen LogP contribution in [0.25, 0.3) is 0 Å². The van der Waals surface area contributed by atoms with Crippen LogP contribution in [0.4, 0.5) is 16.6 Å². The smallest absolute Gasteiger partial charge is 0.358 e. The van der Waals surface area contributed by atoms with Crippen molar-refractivity contribution < 1.29 is 18.1 Å². The lowest BCUT2D eigenvalue weighted by Crippen LogP contribution is -2.20. The maximum Gasteiger partial charge on any atom is 0.408 e. The fraction of sp³-hybridized carbons (Fsp3) is 0.133. The van der Waals surface area contributed by atoms with Crippen molar-refractivity contribution in [1.82, 2.24) is 14.8 Å². The van der Waals surface area contributed by atoms with Gasteiger partial charge in [-0.2, -0.15) is 4.68 Å². The minimum Gasteiger partial charge on any atom is -0.358 e. The Morgan fingerprint density at radius 1 is 1.34 bits per heavy atom. The highest BCUT2D eigenvalue weighted by Gasteiger charge is 2.25. The van der Waals surface area contributed by atoms with E-state index in [1.54, 1.807) is 5.38 Å². The van der Waals surface area contributed by atoms with E-state index in [0.29, 0.717) is 5.69 Å². The fourth-order valence-electron chi connectivity index (χ4n) is 2.28. The minimum absolute atomic E-state index is 0.00368. The average molecular weight is 457 g/mol. The van der Waals surface area contributed by atoms with Crippen molar-refractivity contribution in [1.29, 1.82) is 0 Å². The first-order valence-electron chi connectivity index (χ1n) is 7.87. The van der Waals surface area contributed by atoms with E-state index in [1.807, 2.05) is 0 Å². The van der Waals surface area contributed by atoms with Gasteiger partial charge in [0.15, 0.2) is 10.2 Å². The highest BCUT2D eigenvalue weighted by atomic mass is 35.5. The van der Waals surface area contributed by atoms with E-state index in [1.165, 1.54) is 37.4 Å². The first kappa shape index (κ1) is 20.7. The quantitative estimate of drug-likeness (QED) is 0.409. The molecule has 3 rings (SSSR count). The molecule has 2 aromatic heterocycles. The first-order chi connectivity index (χ1) is 13.7. The largest absolute Gasteiger partial charge is 0.408 e. The number of anilines is 2. The molecule has 2 heterocycles. The fourth-order valence-corrected chi connectivity index (χ4v) is 4.27. The molecule has 0 radical (unpaired) electrons. The van der Waals surface area contributed by atoms with Gasteiger partial charge < -0.3 is 15.4 Å². The number of halogens is 1. The molecule has 0 spiro atoms. The molecule has 0 fully saturated rings. The predicted molar refractivity (Wildman–Crippen MR) is 107 cm³/mol. The summed E-state index contributed by atoms with van der Waals surface area (Å²) in [5, 5.41) is 18.9. The number of nitro groups is 1. The second-order valence-electron chi connectivity index (χ2n) is 5.65. The number of nitrogens with zero attached hydrogens (tertiary/aromatic N) is 4. The number of sulfonamides is 1. The van der Waals surface area contributed by atoms with Crippen LogP contribution < -0.4 is 10.0 Å². The van der Waals surface area contributed by atoms with Crippen LogP contribution in [0.15, 0.2) is 40.7 Å². The molecule has 1 amide bonds. The van der Waals surface area contributed by atoms with Crippen molar-refractivity contribution in [3.05, 3.63) is 56.7 Å². The first-order valence-corrected chi connectivity index (χ1v) is 10.6. The van der Waals surface area contributed by atoms with E-state index in [9.17, 15) is 23.3 Å². The van der Waals surface area contributed by atoms with Crippen molar-refractivity contribution >= 4 is 55.5 Å². The summed E-state index contributed by atoms with van der Waals surface area (Å²) >= 11 is 6.98. The number of rotatable bonds is 7. The van der Waals surface area contributed by atoms with Crippen molar-refractivity contribution in [2.45, 2.75) is 18.4 Å². The molecule has 3 aromatic rings. The molecule has 29 heavy (non-hydrogen) atoms. The Hall–Kier alpha value is -3.03. The van der Waals surface area contributed by atoms with Gasteiger partial charge in [0.25, 0.3) is 10.0 Å². The summed E-state index contributed by atoms with van der Waals surface area (Å²) in [4.78, 5) is 26.2. The maximum atomic E-state index is 12.3.